The Hall–Kier alpha value is -0.530. The van der Waals surface area contributed by atoms with Crippen molar-refractivity contribution in [2.45, 2.75) is 77.9 Å². The molecule has 0 saturated heterocycles. The van der Waals surface area contributed by atoms with Crippen molar-refractivity contribution in [2.24, 2.45) is 0 Å². The van der Waals surface area contributed by atoms with Crippen molar-refractivity contribution >= 4 is 30.1 Å². The SMILES string of the molecule is CN(C(C)(C)C)S(=O)(=O)CCC(C)(C)NS(=O)(=O)/C=C/CC(C)(C)NS(C)(=O)=O. The van der Waals surface area contributed by atoms with Crippen LogP contribution in [0.5, 0.6) is 0 Å². The summed E-state index contributed by atoms with van der Waals surface area (Å²) in [6, 6.07) is 0. The van der Waals surface area contributed by atoms with Gasteiger partial charge in [-0.2, -0.15) is 4.31 Å². The van der Waals surface area contributed by atoms with Crippen molar-refractivity contribution in [1.29, 1.82) is 0 Å². The normalized spacial score (nSPS) is 15.4. The fourth-order valence-electron chi connectivity index (χ4n) is 2.42. The number of hydrogen-bond acceptors (Lipinski definition) is 6. The average molecular weight is 476 g/mol. The minimum absolute atomic E-state index is 0.0873. The Kier molecular flexibility index (Phi) is 9.14. The molecule has 0 aromatic heterocycles. The molecule has 0 rings (SSSR count). The molecule has 0 saturated carbocycles. The molecule has 12 heteroatoms. The minimum Gasteiger partial charge on any atom is -0.213 e. The molecule has 0 aliphatic heterocycles. The standard InChI is InChI=1S/C17H37N3O6S3/c1-15(2,3)20(8)29(25,26)14-12-17(6,7)19-28(23,24)13-10-11-16(4,5)18-27(9,21)22/h10,13,18-19H,11-12,14H2,1-9H3/b13-10+. The van der Waals surface area contributed by atoms with Gasteiger partial charge in [-0.1, -0.05) is 6.08 Å². The van der Waals surface area contributed by atoms with Gasteiger partial charge in [0, 0.05) is 29.1 Å². The second-order valence-electron chi connectivity index (χ2n) is 9.57. The molecule has 0 spiro atoms. The Labute approximate surface area is 177 Å². The van der Waals surface area contributed by atoms with Crippen LogP contribution in [0.1, 0.15) is 61.3 Å². The first-order chi connectivity index (χ1) is 12.5. The molecule has 0 aliphatic carbocycles. The summed E-state index contributed by atoms with van der Waals surface area (Å²) in [4.78, 5) is 0. The predicted octanol–water partition coefficient (Wildman–Crippen LogP) is 1.37. The number of hydrogen-bond donors (Lipinski definition) is 2. The molecule has 2 N–H and O–H groups in total. The highest BCUT2D eigenvalue weighted by Gasteiger charge is 2.32. The molecule has 0 bridgehead atoms. The monoisotopic (exact) mass is 475 g/mol. The van der Waals surface area contributed by atoms with Crippen molar-refractivity contribution in [3.8, 4) is 0 Å². The maximum atomic E-state index is 12.5. The molecule has 0 unspecified atom stereocenters. The van der Waals surface area contributed by atoms with Crippen LogP contribution in [0.3, 0.4) is 0 Å². The summed E-state index contributed by atoms with van der Waals surface area (Å²) in [5.74, 6) is -0.203. The first-order valence-corrected chi connectivity index (χ1v) is 14.2. The van der Waals surface area contributed by atoms with E-state index in [-0.39, 0.29) is 18.6 Å². The van der Waals surface area contributed by atoms with Gasteiger partial charge in [0.2, 0.25) is 30.1 Å². The third-order valence-corrected chi connectivity index (χ3v) is 8.54. The van der Waals surface area contributed by atoms with E-state index in [0.717, 1.165) is 11.7 Å². The van der Waals surface area contributed by atoms with E-state index in [0.29, 0.717) is 0 Å². The van der Waals surface area contributed by atoms with Gasteiger partial charge in [-0.3, -0.25) is 0 Å². The van der Waals surface area contributed by atoms with Crippen LogP contribution in [-0.2, 0) is 30.1 Å². The van der Waals surface area contributed by atoms with Crippen LogP contribution in [0.15, 0.2) is 11.5 Å². The van der Waals surface area contributed by atoms with E-state index in [1.54, 1.807) is 48.5 Å². The van der Waals surface area contributed by atoms with Crippen LogP contribution < -0.4 is 9.44 Å². The highest BCUT2D eigenvalue weighted by molar-refractivity contribution is 7.92. The van der Waals surface area contributed by atoms with Crippen LogP contribution in [0.2, 0.25) is 0 Å². The van der Waals surface area contributed by atoms with Gasteiger partial charge in [0.1, 0.15) is 0 Å². The molecule has 0 heterocycles. The van der Waals surface area contributed by atoms with Gasteiger partial charge in [-0.05, 0) is 61.3 Å². The van der Waals surface area contributed by atoms with E-state index in [9.17, 15) is 25.3 Å². The molecular weight excluding hydrogens is 438 g/mol. The van der Waals surface area contributed by atoms with Crippen LogP contribution in [-0.4, -0.2) is 65.2 Å². The third kappa shape index (κ3) is 12.0. The zero-order valence-corrected chi connectivity index (χ0v) is 21.3. The minimum atomic E-state index is -3.84. The number of nitrogens with zero attached hydrogens (tertiary/aromatic N) is 1. The van der Waals surface area contributed by atoms with E-state index >= 15 is 0 Å². The topological polar surface area (TPSA) is 130 Å². The maximum Gasteiger partial charge on any atom is 0.233 e. The van der Waals surface area contributed by atoms with E-state index < -0.39 is 46.7 Å². The van der Waals surface area contributed by atoms with Gasteiger partial charge in [0.15, 0.2) is 0 Å². The fraction of sp³-hybridized carbons (Fsp3) is 0.882. The van der Waals surface area contributed by atoms with Crippen LogP contribution in [0, 0.1) is 0 Å². The molecule has 9 nitrogen and oxygen atoms in total. The fourth-order valence-corrected chi connectivity index (χ4v) is 6.68. The lowest BCUT2D eigenvalue weighted by molar-refractivity contribution is 0.290. The van der Waals surface area contributed by atoms with Gasteiger partial charge < -0.3 is 0 Å². The second-order valence-corrected chi connectivity index (χ2v) is 15.0. The van der Waals surface area contributed by atoms with Crippen molar-refractivity contribution in [2.75, 3.05) is 19.1 Å². The zero-order chi connectivity index (χ0) is 23.5. The van der Waals surface area contributed by atoms with Crippen LogP contribution in [0.25, 0.3) is 0 Å². The first kappa shape index (κ1) is 28.5. The number of nitrogens with one attached hydrogen (secondary N) is 2. The van der Waals surface area contributed by atoms with Crippen molar-refractivity contribution < 1.29 is 25.3 Å². The molecule has 29 heavy (non-hydrogen) atoms. The van der Waals surface area contributed by atoms with Crippen molar-refractivity contribution in [3.63, 3.8) is 0 Å². The quantitative estimate of drug-likeness (QED) is 0.464. The molecular formula is C17H37N3O6S3. The summed E-state index contributed by atoms with van der Waals surface area (Å²) >= 11 is 0. The Balaban J connectivity index is 5.06. The van der Waals surface area contributed by atoms with Gasteiger partial charge in [0.05, 0.1) is 12.0 Å². The summed E-state index contributed by atoms with van der Waals surface area (Å²) in [7, 11) is -9.31. The smallest absolute Gasteiger partial charge is 0.213 e. The van der Waals surface area contributed by atoms with Gasteiger partial charge >= 0.3 is 0 Å². The summed E-state index contributed by atoms with van der Waals surface area (Å²) < 4.78 is 78.5. The summed E-state index contributed by atoms with van der Waals surface area (Å²) in [5, 5.41) is 0.968. The lowest BCUT2D eigenvalue weighted by Gasteiger charge is -2.32. The van der Waals surface area contributed by atoms with E-state index in [2.05, 4.69) is 9.44 Å². The summed E-state index contributed by atoms with van der Waals surface area (Å²) in [5.41, 5.74) is -2.41. The molecule has 0 atom stereocenters. The molecule has 174 valence electrons. The average Bonchev–Trinajstić information content (AvgIpc) is 2.39. The van der Waals surface area contributed by atoms with Crippen molar-refractivity contribution in [3.05, 3.63) is 11.5 Å². The summed E-state index contributed by atoms with van der Waals surface area (Å²) in [6.07, 6.45) is 2.64. The van der Waals surface area contributed by atoms with Crippen LogP contribution in [0.4, 0.5) is 0 Å². The predicted molar refractivity (Wildman–Crippen MR) is 118 cm³/mol. The highest BCUT2D eigenvalue weighted by Crippen LogP contribution is 2.20. The zero-order valence-electron chi connectivity index (χ0n) is 18.9. The molecule has 0 aliphatic rings. The highest BCUT2D eigenvalue weighted by atomic mass is 32.2. The largest absolute Gasteiger partial charge is 0.233 e. The molecule has 0 amide bonds. The Morgan fingerprint density at radius 2 is 1.31 bits per heavy atom. The Morgan fingerprint density at radius 1 is 0.828 bits per heavy atom. The lowest BCUT2D eigenvalue weighted by atomic mass is 10.0. The summed E-state index contributed by atoms with van der Waals surface area (Å²) in [6.45, 7) is 11.8. The van der Waals surface area contributed by atoms with Crippen LogP contribution >= 0.6 is 0 Å². The van der Waals surface area contributed by atoms with E-state index in [1.807, 2.05) is 0 Å². The molecule has 0 aromatic carbocycles. The first-order valence-electron chi connectivity index (χ1n) is 9.14. The third-order valence-electron chi connectivity index (χ3n) is 4.13. The molecule has 0 aromatic rings. The van der Waals surface area contributed by atoms with E-state index in [1.165, 1.54) is 17.4 Å². The second kappa shape index (κ2) is 9.31. The Bertz CT molecular complexity index is 897. The van der Waals surface area contributed by atoms with Gasteiger partial charge in [-0.25, -0.2) is 34.7 Å². The van der Waals surface area contributed by atoms with Crippen molar-refractivity contribution in [1.82, 2.24) is 13.7 Å². The van der Waals surface area contributed by atoms with E-state index in [4.69, 9.17) is 0 Å². The molecule has 0 fully saturated rings. The van der Waals surface area contributed by atoms with Gasteiger partial charge in [0.25, 0.3) is 0 Å². The maximum absolute atomic E-state index is 12.5. The number of rotatable bonds is 11. The lowest BCUT2D eigenvalue weighted by Crippen LogP contribution is -2.47. The number of sulfonamides is 3. The molecule has 0 radical (unpaired) electrons. The Morgan fingerprint density at radius 3 is 1.72 bits per heavy atom. The van der Waals surface area contributed by atoms with Gasteiger partial charge in [-0.15, -0.1) is 0 Å².